The molecule has 0 amide bonds. The minimum Gasteiger partial charge on any atom is -0.384 e. The SMILES string of the molecule is CC(C)n1ncc2ccc3cnc(Nc4ccc(NCCN5CCOCC5)cc4)nc3c21. The van der Waals surface area contributed by atoms with E-state index in [0.29, 0.717) is 5.95 Å². The van der Waals surface area contributed by atoms with Crippen LogP contribution in [0.25, 0.3) is 21.8 Å². The van der Waals surface area contributed by atoms with E-state index in [2.05, 4.69) is 57.7 Å². The molecule has 0 saturated carbocycles. The van der Waals surface area contributed by atoms with Crippen LogP contribution in [0.1, 0.15) is 19.9 Å². The van der Waals surface area contributed by atoms with Gasteiger partial charge in [0.05, 0.1) is 24.9 Å². The van der Waals surface area contributed by atoms with Crippen LogP contribution in [0.2, 0.25) is 0 Å². The molecule has 2 aromatic heterocycles. The zero-order valence-corrected chi connectivity index (χ0v) is 18.6. The number of ether oxygens (including phenoxy) is 1. The lowest BCUT2D eigenvalue weighted by molar-refractivity contribution is 0.0398. The number of aromatic nitrogens is 4. The average Bonchev–Trinajstić information content (AvgIpc) is 3.26. The van der Waals surface area contributed by atoms with E-state index < -0.39 is 0 Å². The van der Waals surface area contributed by atoms with Gasteiger partial charge in [-0.15, -0.1) is 0 Å². The predicted octanol–water partition coefficient (Wildman–Crippen LogP) is 4.05. The van der Waals surface area contributed by atoms with Gasteiger partial charge < -0.3 is 15.4 Å². The van der Waals surface area contributed by atoms with Crippen molar-refractivity contribution in [3.63, 3.8) is 0 Å². The second kappa shape index (κ2) is 9.10. The maximum atomic E-state index is 5.40. The topological polar surface area (TPSA) is 80.1 Å². The number of morpholine rings is 1. The van der Waals surface area contributed by atoms with Crippen LogP contribution in [0.4, 0.5) is 17.3 Å². The summed E-state index contributed by atoms with van der Waals surface area (Å²) in [5.74, 6) is 0.578. The quantitative estimate of drug-likeness (QED) is 0.457. The molecule has 3 heterocycles. The highest BCUT2D eigenvalue weighted by molar-refractivity contribution is 6.03. The van der Waals surface area contributed by atoms with E-state index in [1.165, 1.54) is 0 Å². The first-order chi connectivity index (χ1) is 15.7. The third kappa shape index (κ3) is 4.37. The molecule has 1 fully saturated rings. The van der Waals surface area contributed by atoms with Gasteiger partial charge in [-0.25, -0.2) is 9.97 Å². The highest BCUT2D eigenvalue weighted by Gasteiger charge is 2.12. The summed E-state index contributed by atoms with van der Waals surface area (Å²) >= 11 is 0. The van der Waals surface area contributed by atoms with E-state index in [-0.39, 0.29) is 6.04 Å². The van der Waals surface area contributed by atoms with E-state index in [9.17, 15) is 0 Å². The van der Waals surface area contributed by atoms with Crippen molar-refractivity contribution in [1.29, 1.82) is 0 Å². The second-order valence-electron chi connectivity index (χ2n) is 8.40. The summed E-state index contributed by atoms with van der Waals surface area (Å²) in [6.45, 7) is 9.90. The van der Waals surface area contributed by atoms with Crippen LogP contribution in [0.3, 0.4) is 0 Å². The van der Waals surface area contributed by atoms with Gasteiger partial charge in [0.1, 0.15) is 5.52 Å². The van der Waals surface area contributed by atoms with Crippen molar-refractivity contribution in [1.82, 2.24) is 24.6 Å². The molecular formula is C24H29N7O. The fourth-order valence-corrected chi connectivity index (χ4v) is 4.06. The Kier molecular flexibility index (Phi) is 5.87. The molecule has 0 radical (unpaired) electrons. The zero-order chi connectivity index (χ0) is 21.9. The van der Waals surface area contributed by atoms with Crippen LogP contribution < -0.4 is 10.6 Å². The molecule has 0 unspecified atom stereocenters. The van der Waals surface area contributed by atoms with Gasteiger partial charge in [-0.3, -0.25) is 9.58 Å². The number of hydrogen-bond acceptors (Lipinski definition) is 7. The maximum Gasteiger partial charge on any atom is 0.227 e. The number of fused-ring (bicyclic) bond motifs is 3. The molecule has 8 heteroatoms. The Balaban J connectivity index is 1.28. The average molecular weight is 432 g/mol. The molecule has 1 saturated heterocycles. The second-order valence-corrected chi connectivity index (χ2v) is 8.40. The number of nitrogens with one attached hydrogen (secondary N) is 2. The van der Waals surface area contributed by atoms with E-state index >= 15 is 0 Å². The van der Waals surface area contributed by atoms with Crippen LogP contribution in [0, 0.1) is 0 Å². The number of nitrogens with zero attached hydrogens (tertiary/aromatic N) is 5. The minimum absolute atomic E-state index is 0.257. The van der Waals surface area contributed by atoms with E-state index in [4.69, 9.17) is 9.72 Å². The van der Waals surface area contributed by atoms with Gasteiger partial charge >= 0.3 is 0 Å². The first-order valence-corrected chi connectivity index (χ1v) is 11.2. The first kappa shape index (κ1) is 20.7. The highest BCUT2D eigenvalue weighted by Crippen LogP contribution is 2.27. The number of anilines is 3. The molecule has 32 heavy (non-hydrogen) atoms. The molecule has 0 spiro atoms. The Morgan fingerprint density at radius 1 is 0.969 bits per heavy atom. The Bertz CT molecular complexity index is 1200. The largest absolute Gasteiger partial charge is 0.384 e. The molecule has 2 N–H and O–H groups in total. The number of rotatable bonds is 7. The van der Waals surface area contributed by atoms with Gasteiger partial charge in [0.25, 0.3) is 0 Å². The van der Waals surface area contributed by atoms with Crippen LogP contribution in [0.15, 0.2) is 48.8 Å². The van der Waals surface area contributed by atoms with Crippen molar-refractivity contribution in [2.24, 2.45) is 0 Å². The van der Waals surface area contributed by atoms with Gasteiger partial charge in [0.2, 0.25) is 5.95 Å². The molecule has 0 aliphatic carbocycles. The summed E-state index contributed by atoms with van der Waals surface area (Å²) in [4.78, 5) is 11.8. The van der Waals surface area contributed by atoms with Crippen molar-refractivity contribution in [2.75, 3.05) is 50.0 Å². The molecule has 1 aliphatic heterocycles. The molecule has 4 aromatic rings. The van der Waals surface area contributed by atoms with Crippen LogP contribution >= 0.6 is 0 Å². The smallest absolute Gasteiger partial charge is 0.227 e. The van der Waals surface area contributed by atoms with Crippen molar-refractivity contribution in [2.45, 2.75) is 19.9 Å². The molecule has 1 aliphatic rings. The standard InChI is InChI=1S/C24H29N7O/c1-17(2)31-23-19(16-27-31)4-3-18-15-26-24(29-22(18)23)28-21-7-5-20(6-8-21)25-9-10-30-11-13-32-14-12-30/h3-8,15-17,25H,9-14H2,1-2H3,(H,26,28,29). The normalized spacial score (nSPS) is 15.0. The van der Waals surface area contributed by atoms with Crippen LogP contribution in [0.5, 0.6) is 0 Å². The molecule has 2 aromatic carbocycles. The van der Waals surface area contributed by atoms with E-state index in [1.807, 2.05) is 35.3 Å². The predicted molar refractivity (Wildman–Crippen MR) is 129 cm³/mol. The number of hydrogen-bond donors (Lipinski definition) is 2. The molecule has 5 rings (SSSR count). The Morgan fingerprint density at radius 2 is 1.72 bits per heavy atom. The fraction of sp³-hybridized carbons (Fsp3) is 0.375. The molecule has 8 nitrogen and oxygen atoms in total. The summed E-state index contributed by atoms with van der Waals surface area (Å²) in [5.41, 5.74) is 4.01. The third-order valence-electron chi connectivity index (χ3n) is 5.80. The summed E-state index contributed by atoms with van der Waals surface area (Å²) in [5, 5.41) is 13.5. The van der Waals surface area contributed by atoms with Crippen molar-refractivity contribution < 1.29 is 4.74 Å². The van der Waals surface area contributed by atoms with Gasteiger partial charge in [0.15, 0.2) is 0 Å². The van der Waals surface area contributed by atoms with E-state index in [0.717, 1.165) is 72.6 Å². The summed E-state index contributed by atoms with van der Waals surface area (Å²) in [6.07, 6.45) is 3.76. The van der Waals surface area contributed by atoms with Crippen molar-refractivity contribution in [3.8, 4) is 0 Å². The van der Waals surface area contributed by atoms with Crippen LogP contribution in [-0.2, 0) is 4.74 Å². The van der Waals surface area contributed by atoms with Gasteiger partial charge in [-0.2, -0.15) is 5.10 Å². The monoisotopic (exact) mass is 431 g/mol. The maximum absolute atomic E-state index is 5.40. The summed E-state index contributed by atoms with van der Waals surface area (Å²) in [7, 11) is 0. The summed E-state index contributed by atoms with van der Waals surface area (Å²) < 4.78 is 7.42. The molecule has 0 atom stereocenters. The first-order valence-electron chi connectivity index (χ1n) is 11.2. The summed E-state index contributed by atoms with van der Waals surface area (Å²) in [6, 6.07) is 12.6. The fourth-order valence-electron chi connectivity index (χ4n) is 4.06. The van der Waals surface area contributed by atoms with E-state index in [1.54, 1.807) is 0 Å². The highest BCUT2D eigenvalue weighted by atomic mass is 16.5. The Morgan fingerprint density at radius 3 is 2.50 bits per heavy atom. The van der Waals surface area contributed by atoms with Gasteiger partial charge in [0, 0.05) is 60.6 Å². The number of benzene rings is 2. The molecule has 166 valence electrons. The molecular weight excluding hydrogens is 402 g/mol. The Labute approximate surface area is 187 Å². The van der Waals surface area contributed by atoms with Crippen molar-refractivity contribution >= 4 is 39.1 Å². The lowest BCUT2D eigenvalue weighted by Gasteiger charge is -2.26. The third-order valence-corrected chi connectivity index (χ3v) is 5.80. The van der Waals surface area contributed by atoms with Crippen LogP contribution in [-0.4, -0.2) is 64.0 Å². The van der Waals surface area contributed by atoms with Crippen molar-refractivity contribution in [3.05, 3.63) is 48.8 Å². The zero-order valence-electron chi connectivity index (χ0n) is 18.6. The lowest BCUT2D eigenvalue weighted by Crippen LogP contribution is -2.38. The van der Waals surface area contributed by atoms with Gasteiger partial charge in [-0.1, -0.05) is 12.1 Å². The van der Waals surface area contributed by atoms with Gasteiger partial charge in [-0.05, 0) is 38.1 Å². The minimum atomic E-state index is 0.257. The lowest BCUT2D eigenvalue weighted by atomic mass is 10.2. The molecule has 0 bridgehead atoms. The Hall–Kier alpha value is -3.23.